The summed E-state index contributed by atoms with van der Waals surface area (Å²) in [5.74, 6) is -0.620. The molecule has 2 atom stereocenters. The molecular weight excluding hydrogens is 230 g/mol. The van der Waals surface area contributed by atoms with Crippen LogP contribution in [-0.4, -0.2) is 52.0 Å². The van der Waals surface area contributed by atoms with Gasteiger partial charge in [-0.2, -0.15) is 11.8 Å². The average Bonchev–Trinajstić information content (AvgIpc) is 2.22. The van der Waals surface area contributed by atoms with Gasteiger partial charge in [0.05, 0.1) is 12.7 Å². The number of rotatable bonds is 8. The quantitative estimate of drug-likeness (QED) is 0.575. The summed E-state index contributed by atoms with van der Waals surface area (Å²) in [6.07, 6.45) is -0.592. The molecule has 0 radical (unpaired) electrons. The van der Waals surface area contributed by atoms with E-state index >= 15 is 0 Å². The number of aliphatic hydroxyl groups excluding tert-OH is 1. The van der Waals surface area contributed by atoms with Crippen LogP contribution < -0.4 is 5.73 Å². The zero-order valence-electron chi connectivity index (χ0n) is 9.97. The second-order valence-electron chi connectivity index (χ2n) is 4.04. The molecule has 0 aliphatic rings. The number of aliphatic carboxylic acids is 1. The van der Waals surface area contributed by atoms with Gasteiger partial charge in [-0.15, -0.1) is 0 Å². The molecule has 0 fully saturated rings. The van der Waals surface area contributed by atoms with Crippen LogP contribution in [0.1, 0.15) is 20.8 Å². The van der Waals surface area contributed by atoms with Crippen molar-refractivity contribution >= 4 is 17.7 Å². The molecule has 0 bridgehead atoms. The van der Waals surface area contributed by atoms with Crippen molar-refractivity contribution in [3.8, 4) is 0 Å². The Kier molecular flexibility index (Phi) is 6.98. The molecule has 0 aliphatic carbocycles. The van der Waals surface area contributed by atoms with E-state index in [4.69, 9.17) is 15.6 Å². The fraction of sp³-hybridized carbons (Fsp3) is 0.900. The van der Waals surface area contributed by atoms with Crippen molar-refractivity contribution in [1.82, 2.24) is 0 Å². The lowest BCUT2D eigenvalue weighted by atomic mass is 10.1. The second-order valence-corrected chi connectivity index (χ2v) is 5.72. The minimum absolute atomic E-state index is 0.266. The maximum Gasteiger partial charge on any atom is 0.321 e. The van der Waals surface area contributed by atoms with Crippen molar-refractivity contribution in [1.29, 1.82) is 0 Å². The maximum atomic E-state index is 10.7. The smallest absolute Gasteiger partial charge is 0.321 e. The Balaban J connectivity index is 4.02. The van der Waals surface area contributed by atoms with Crippen molar-refractivity contribution in [2.45, 2.75) is 37.7 Å². The molecule has 0 heterocycles. The minimum atomic E-state index is -1.03. The number of carboxylic acid groups (broad SMARTS) is 1. The molecular formula is C10H21NO4S. The minimum Gasteiger partial charge on any atom is -0.480 e. The van der Waals surface area contributed by atoms with Crippen LogP contribution >= 0.6 is 11.8 Å². The Morgan fingerprint density at radius 1 is 1.56 bits per heavy atom. The van der Waals surface area contributed by atoms with Crippen LogP contribution in [0.4, 0.5) is 0 Å². The third-order valence-electron chi connectivity index (χ3n) is 2.18. The molecule has 0 saturated heterocycles. The Bertz CT molecular complexity index is 223. The number of nitrogens with two attached hydrogens (primary N) is 1. The largest absolute Gasteiger partial charge is 0.480 e. The fourth-order valence-electron chi connectivity index (χ4n) is 1.00. The summed E-state index contributed by atoms with van der Waals surface area (Å²) in [5, 5.41) is 18.3. The van der Waals surface area contributed by atoms with E-state index in [1.807, 2.05) is 6.92 Å². The molecule has 4 N–H and O–H groups in total. The fourth-order valence-corrected chi connectivity index (χ4v) is 2.00. The maximum absolute atomic E-state index is 10.7. The summed E-state index contributed by atoms with van der Waals surface area (Å²) in [4.78, 5) is 10.7. The first-order valence-electron chi connectivity index (χ1n) is 5.19. The highest BCUT2D eigenvalue weighted by molar-refractivity contribution is 8.00. The number of carbonyl (C=O) groups is 1. The van der Waals surface area contributed by atoms with Crippen LogP contribution in [-0.2, 0) is 9.53 Å². The van der Waals surface area contributed by atoms with Gasteiger partial charge in [-0.05, 0) is 20.8 Å². The molecule has 0 aromatic heterocycles. The second kappa shape index (κ2) is 7.11. The lowest BCUT2D eigenvalue weighted by Crippen LogP contribution is -2.47. The normalized spacial score (nSPS) is 15.8. The first-order chi connectivity index (χ1) is 7.31. The predicted molar refractivity (Wildman–Crippen MR) is 64.6 cm³/mol. The van der Waals surface area contributed by atoms with Crippen molar-refractivity contribution in [2.75, 3.05) is 19.0 Å². The number of thioether (sulfide) groups is 1. The molecule has 0 spiro atoms. The number of ether oxygens (including phenoxy) is 1. The van der Waals surface area contributed by atoms with Crippen LogP contribution in [0.5, 0.6) is 0 Å². The number of hydrogen-bond acceptors (Lipinski definition) is 5. The SMILES string of the molecule is CCOCC(O)CSC(C)(C)[C@H](N)C(=O)O. The summed E-state index contributed by atoms with van der Waals surface area (Å²) in [6, 6.07) is -0.947. The standard InChI is InChI=1S/C10H21NO4S/c1-4-15-5-7(12)6-16-10(2,3)8(11)9(13)14/h7-8,12H,4-6,11H2,1-3H3,(H,13,14)/t7?,8-/m1/s1. The van der Waals surface area contributed by atoms with Gasteiger partial charge in [-0.3, -0.25) is 4.79 Å². The zero-order valence-corrected chi connectivity index (χ0v) is 10.8. The first-order valence-corrected chi connectivity index (χ1v) is 6.18. The molecule has 0 aromatic rings. The topological polar surface area (TPSA) is 92.8 Å². The van der Waals surface area contributed by atoms with E-state index in [2.05, 4.69) is 0 Å². The van der Waals surface area contributed by atoms with E-state index < -0.39 is 22.9 Å². The van der Waals surface area contributed by atoms with E-state index in [-0.39, 0.29) is 6.61 Å². The molecule has 6 heteroatoms. The zero-order chi connectivity index (χ0) is 12.8. The third-order valence-corrected chi connectivity index (χ3v) is 3.73. The van der Waals surface area contributed by atoms with Crippen molar-refractivity contribution < 1.29 is 19.7 Å². The van der Waals surface area contributed by atoms with Gasteiger partial charge in [0.25, 0.3) is 0 Å². The summed E-state index contributed by atoms with van der Waals surface area (Å²) in [7, 11) is 0. The summed E-state index contributed by atoms with van der Waals surface area (Å²) in [5.41, 5.74) is 5.55. The van der Waals surface area contributed by atoms with Gasteiger partial charge in [0.2, 0.25) is 0 Å². The van der Waals surface area contributed by atoms with Crippen LogP contribution in [0.25, 0.3) is 0 Å². The highest BCUT2D eigenvalue weighted by Gasteiger charge is 2.32. The van der Waals surface area contributed by atoms with E-state index in [9.17, 15) is 9.90 Å². The van der Waals surface area contributed by atoms with Crippen LogP contribution in [0.15, 0.2) is 0 Å². The Labute approximate surface area is 100 Å². The number of aliphatic hydroxyl groups is 1. The number of carboxylic acids is 1. The van der Waals surface area contributed by atoms with Crippen LogP contribution in [0.3, 0.4) is 0 Å². The first kappa shape index (κ1) is 15.7. The molecule has 0 aliphatic heterocycles. The highest BCUT2D eigenvalue weighted by atomic mass is 32.2. The Hall–Kier alpha value is -0.300. The molecule has 5 nitrogen and oxygen atoms in total. The van der Waals surface area contributed by atoms with Gasteiger partial charge in [0.1, 0.15) is 6.04 Å². The molecule has 0 aromatic carbocycles. The van der Waals surface area contributed by atoms with Gasteiger partial charge in [-0.25, -0.2) is 0 Å². The molecule has 1 unspecified atom stereocenters. The van der Waals surface area contributed by atoms with Gasteiger partial charge >= 0.3 is 5.97 Å². The molecule has 0 saturated carbocycles. The highest BCUT2D eigenvalue weighted by Crippen LogP contribution is 2.28. The summed E-state index contributed by atoms with van der Waals surface area (Å²) in [6.45, 7) is 6.18. The van der Waals surface area contributed by atoms with E-state index in [1.54, 1.807) is 13.8 Å². The Morgan fingerprint density at radius 3 is 2.56 bits per heavy atom. The van der Waals surface area contributed by atoms with Crippen LogP contribution in [0, 0.1) is 0 Å². The lowest BCUT2D eigenvalue weighted by molar-refractivity contribution is -0.139. The molecule has 96 valence electrons. The van der Waals surface area contributed by atoms with Crippen molar-refractivity contribution in [2.24, 2.45) is 5.73 Å². The van der Waals surface area contributed by atoms with E-state index in [1.165, 1.54) is 11.8 Å². The van der Waals surface area contributed by atoms with Gasteiger partial charge in [-0.1, -0.05) is 0 Å². The van der Waals surface area contributed by atoms with Crippen LogP contribution in [0.2, 0.25) is 0 Å². The number of hydrogen-bond donors (Lipinski definition) is 3. The van der Waals surface area contributed by atoms with Crippen molar-refractivity contribution in [3.63, 3.8) is 0 Å². The monoisotopic (exact) mass is 251 g/mol. The van der Waals surface area contributed by atoms with E-state index in [0.717, 1.165) is 0 Å². The predicted octanol–water partition coefficient (Wildman–Crippen LogP) is 0.307. The third kappa shape index (κ3) is 5.69. The van der Waals surface area contributed by atoms with Gasteiger partial charge < -0.3 is 20.7 Å². The molecule has 0 rings (SSSR count). The summed E-state index contributed by atoms with van der Waals surface area (Å²) >= 11 is 1.34. The molecule has 16 heavy (non-hydrogen) atoms. The van der Waals surface area contributed by atoms with Crippen molar-refractivity contribution in [3.05, 3.63) is 0 Å². The van der Waals surface area contributed by atoms with Gasteiger partial charge in [0, 0.05) is 17.1 Å². The molecule has 0 amide bonds. The summed E-state index contributed by atoms with van der Waals surface area (Å²) < 4.78 is 4.45. The Morgan fingerprint density at radius 2 is 2.12 bits per heavy atom. The lowest BCUT2D eigenvalue weighted by Gasteiger charge is -2.28. The van der Waals surface area contributed by atoms with Gasteiger partial charge in [0.15, 0.2) is 0 Å². The van der Waals surface area contributed by atoms with E-state index in [0.29, 0.717) is 12.4 Å². The average molecular weight is 251 g/mol.